The fourth-order valence-electron chi connectivity index (χ4n) is 1.83. The predicted molar refractivity (Wildman–Crippen MR) is 67.2 cm³/mol. The van der Waals surface area contributed by atoms with Crippen LogP contribution in [0.5, 0.6) is 0 Å². The van der Waals surface area contributed by atoms with Crippen molar-refractivity contribution >= 4 is 0 Å². The Morgan fingerprint density at radius 3 is 2.27 bits per heavy atom. The fraction of sp³-hybridized carbons (Fsp3) is 1.00. The third-order valence-electron chi connectivity index (χ3n) is 2.88. The summed E-state index contributed by atoms with van der Waals surface area (Å²) in [6, 6.07) is 0.671. The maximum absolute atomic E-state index is 5.16. The number of nitrogens with one attached hydrogen (secondary N) is 1. The summed E-state index contributed by atoms with van der Waals surface area (Å²) in [5, 5.41) is 3.63. The van der Waals surface area contributed by atoms with E-state index in [4.69, 9.17) is 4.74 Å². The Morgan fingerprint density at radius 1 is 1.13 bits per heavy atom. The molecule has 2 nitrogen and oxygen atoms in total. The van der Waals surface area contributed by atoms with E-state index in [1.54, 1.807) is 7.11 Å². The first-order valence-corrected chi connectivity index (χ1v) is 6.34. The van der Waals surface area contributed by atoms with Crippen LogP contribution in [0.2, 0.25) is 0 Å². The van der Waals surface area contributed by atoms with Crippen molar-refractivity contribution in [3.63, 3.8) is 0 Å². The molecule has 2 heteroatoms. The monoisotopic (exact) mass is 215 g/mol. The van der Waals surface area contributed by atoms with Crippen LogP contribution in [0.1, 0.15) is 47.0 Å². The molecule has 0 rings (SSSR count). The molecule has 0 saturated carbocycles. The highest BCUT2D eigenvalue weighted by molar-refractivity contribution is 4.71. The second-order valence-electron chi connectivity index (χ2n) is 4.94. The van der Waals surface area contributed by atoms with Crippen LogP contribution < -0.4 is 5.32 Å². The number of ether oxygens (including phenoxy) is 1. The third kappa shape index (κ3) is 7.80. The first-order chi connectivity index (χ1) is 7.11. The molecule has 0 bridgehead atoms. The van der Waals surface area contributed by atoms with Crippen LogP contribution in [0.15, 0.2) is 0 Å². The Morgan fingerprint density at radius 2 is 1.80 bits per heavy atom. The van der Waals surface area contributed by atoms with Crippen LogP contribution in [0.3, 0.4) is 0 Å². The summed E-state index contributed by atoms with van der Waals surface area (Å²) in [4.78, 5) is 0. The average Bonchev–Trinajstić information content (AvgIpc) is 2.17. The van der Waals surface area contributed by atoms with Gasteiger partial charge >= 0.3 is 0 Å². The van der Waals surface area contributed by atoms with Gasteiger partial charge in [0.15, 0.2) is 0 Å². The lowest BCUT2D eigenvalue weighted by Gasteiger charge is -2.23. The lowest BCUT2D eigenvalue weighted by molar-refractivity contribution is 0.151. The van der Waals surface area contributed by atoms with Gasteiger partial charge in [-0.3, -0.25) is 0 Å². The van der Waals surface area contributed by atoms with E-state index >= 15 is 0 Å². The molecule has 0 aromatic rings. The van der Waals surface area contributed by atoms with Crippen LogP contribution in [0, 0.1) is 11.8 Å². The van der Waals surface area contributed by atoms with E-state index in [-0.39, 0.29) is 0 Å². The summed E-state index contributed by atoms with van der Waals surface area (Å²) in [5.41, 5.74) is 0. The average molecular weight is 215 g/mol. The summed E-state index contributed by atoms with van der Waals surface area (Å²) in [6.45, 7) is 11.1. The SMILES string of the molecule is CCCNC(CCC(C)COC)C(C)C. The summed E-state index contributed by atoms with van der Waals surface area (Å²) < 4.78 is 5.16. The molecule has 0 spiro atoms. The van der Waals surface area contributed by atoms with Crippen LogP contribution in [0.4, 0.5) is 0 Å². The van der Waals surface area contributed by atoms with E-state index in [2.05, 4.69) is 33.0 Å². The summed E-state index contributed by atoms with van der Waals surface area (Å²) >= 11 is 0. The summed E-state index contributed by atoms with van der Waals surface area (Å²) in [6.07, 6.45) is 3.74. The van der Waals surface area contributed by atoms with E-state index in [0.29, 0.717) is 12.0 Å². The molecule has 15 heavy (non-hydrogen) atoms. The molecule has 92 valence electrons. The smallest absolute Gasteiger partial charge is 0.0487 e. The van der Waals surface area contributed by atoms with Crippen molar-refractivity contribution in [2.75, 3.05) is 20.3 Å². The van der Waals surface area contributed by atoms with Crippen molar-refractivity contribution in [2.45, 2.75) is 53.0 Å². The molecule has 0 aromatic carbocycles. The maximum Gasteiger partial charge on any atom is 0.0487 e. The molecule has 0 radical (unpaired) electrons. The Balaban J connectivity index is 3.74. The van der Waals surface area contributed by atoms with E-state index in [1.165, 1.54) is 19.3 Å². The standard InChI is InChI=1S/C13H29NO/c1-6-9-14-13(11(2)3)8-7-12(4)10-15-5/h11-14H,6-10H2,1-5H3. The third-order valence-corrected chi connectivity index (χ3v) is 2.88. The minimum Gasteiger partial charge on any atom is -0.384 e. The zero-order chi connectivity index (χ0) is 11.7. The number of methoxy groups -OCH3 is 1. The molecule has 2 atom stereocenters. The minimum absolute atomic E-state index is 0.671. The molecular formula is C13H29NO. The molecule has 0 aliphatic carbocycles. The fourth-order valence-corrected chi connectivity index (χ4v) is 1.83. The zero-order valence-corrected chi connectivity index (χ0v) is 11.2. The van der Waals surface area contributed by atoms with Crippen molar-refractivity contribution in [3.05, 3.63) is 0 Å². The minimum atomic E-state index is 0.671. The lowest BCUT2D eigenvalue weighted by atomic mass is 9.95. The number of hydrogen-bond donors (Lipinski definition) is 1. The van der Waals surface area contributed by atoms with Crippen molar-refractivity contribution in [3.8, 4) is 0 Å². The maximum atomic E-state index is 5.16. The molecule has 2 unspecified atom stereocenters. The van der Waals surface area contributed by atoms with Gasteiger partial charge in [0.25, 0.3) is 0 Å². The molecule has 0 heterocycles. The molecule has 0 saturated heterocycles. The topological polar surface area (TPSA) is 21.3 Å². The van der Waals surface area contributed by atoms with E-state index < -0.39 is 0 Å². The second kappa shape index (κ2) is 9.17. The van der Waals surface area contributed by atoms with E-state index in [0.717, 1.165) is 19.1 Å². The Labute approximate surface area is 95.8 Å². The molecular weight excluding hydrogens is 186 g/mol. The number of rotatable bonds is 9. The van der Waals surface area contributed by atoms with Crippen LogP contribution in [-0.2, 0) is 4.74 Å². The first-order valence-electron chi connectivity index (χ1n) is 6.34. The van der Waals surface area contributed by atoms with Gasteiger partial charge in [-0.25, -0.2) is 0 Å². The number of hydrogen-bond acceptors (Lipinski definition) is 2. The van der Waals surface area contributed by atoms with Gasteiger partial charge in [0, 0.05) is 19.8 Å². The van der Waals surface area contributed by atoms with Gasteiger partial charge in [0.2, 0.25) is 0 Å². The quantitative estimate of drug-likeness (QED) is 0.638. The zero-order valence-electron chi connectivity index (χ0n) is 11.2. The summed E-state index contributed by atoms with van der Waals surface area (Å²) in [5.74, 6) is 1.41. The highest BCUT2D eigenvalue weighted by atomic mass is 16.5. The molecule has 0 aliphatic heterocycles. The van der Waals surface area contributed by atoms with E-state index in [1.807, 2.05) is 0 Å². The van der Waals surface area contributed by atoms with Crippen LogP contribution >= 0.6 is 0 Å². The largest absolute Gasteiger partial charge is 0.384 e. The Kier molecular flexibility index (Phi) is 9.12. The van der Waals surface area contributed by atoms with Gasteiger partial charge in [0.1, 0.15) is 0 Å². The molecule has 0 aromatic heterocycles. The normalized spacial score (nSPS) is 15.6. The predicted octanol–water partition coefficient (Wildman–Crippen LogP) is 3.07. The highest BCUT2D eigenvalue weighted by Crippen LogP contribution is 2.13. The van der Waals surface area contributed by atoms with Crippen molar-refractivity contribution in [1.82, 2.24) is 5.32 Å². The molecule has 0 aliphatic rings. The van der Waals surface area contributed by atoms with E-state index in [9.17, 15) is 0 Å². The van der Waals surface area contributed by atoms with Crippen molar-refractivity contribution < 1.29 is 4.74 Å². The van der Waals surface area contributed by atoms with Gasteiger partial charge < -0.3 is 10.1 Å². The Bertz CT molecular complexity index is 136. The molecule has 0 fully saturated rings. The second-order valence-corrected chi connectivity index (χ2v) is 4.94. The van der Waals surface area contributed by atoms with Gasteiger partial charge in [-0.1, -0.05) is 27.7 Å². The molecule has 0 amide bonds. The Hall–Kier alpha value is -0.0800. The molecule has 1 N–H and O–H groups in total. The van der Waals surface area contributed by atoms with Crippen molar-refractivity contribution in [2.24, 2.45) is 11.8 Å². The van der Waals surface area contributed by atoms with Gasteiger partial charge in [-0.15, -0.1) is 0 Å². The van der Waals surface area contributed by atoms with Crippen LogP contribution in [0.25, 0.3) is 0 Å². The van der Waals surface area contributed by atoms with Gasteiger partial charge in [-0.05, 0) is 37.6 Å². The van der Waals surface area contributed by atoms with Crippen LogP contribution in [-0.4, -0.2) is 26.3 Å². The van der Waals surface area contributed by atoms with Crippen molar-refractivity contribution in [1.29, 1.82) is 0 Å². The highest BCUT2D eigenvalue weighted by Gasteiger charge is 2.13. The first kappa shape index (κ1) is 14.9. The summed E-state index contributed by atoms with van der Waals surface area (Å²) in [7, 11) is 1.78. The lowest BCUT2D eigenvalue weighted by Crippen LogP contribution is -2.34. The van der Waals surface area contributed by atoms with Gasteiger partial charge in [0.05, 0.1) is 0 Å². The van der Waals surface area contributed by atoms with Gasteiger partial charge in [-0.2, -0.15) is 0 Å².